The van der Waals surface area contributed by atoms with E-state index in [1.807, 2.05) is 18.2 Å². The molecule has 4 rings (SSSR count). The Morgan fingerprint density at radius 1 is 1.25 bits per heavy atom. The van der Waals surface area contributed by atoms with E-state index in [2.05, 4.69) is 4.98 Å². The van der Waals surface area contributed by atoms with Gasteiger partial charge in [-0.05, 0) is 44.7 Å². The minimum atomic E-state index is -0.728. The average Bonchev–Trinajstić information content (AvgIpc) is 3.42. The van der Waals surface area contributed by atoms with Crippen LogP contribution in [-0.4, -0.2) is 31.3 Å². The number of carbonyl (C=O) groups is 1. The Hall–Kier alpha value is -3.16. The molecule has 0 aliphatic heterocycles. The number of fused-ring (bicyclic) bond motifs is 1. The molecule has 146 valence electrons. The number of nitrogens with zero attached hydrogens (tertiary/aromatic N) is 4. The highest BCUT2D eigenvalue weighted by atomic mass is 16.5. The Kier molecular flexibility index (Phi) is 4.62. The molecule has 2 heterocycles. The van der Waals surface area contributed by atoms with Gasteiger partial charge in [0, 0.05) is 6.54 Å². The molecular weight excluding hydrogens is 360 g/mol. The predicted molar refractivity (Wildman–Crippen MR) is 104 cm³/mol. The minimum Gasteiger partial charge on any atom is -0.464 e. The van der Waals surface area contributed by atoms with E-state index in [9.17, 15) is 14.4 Å². The van der Waals surface area contributed by atoms with Crippen LogP contribution in [0.15, 0.2) is 46.2 Å². The van der Waals surface area contributed by atoms with Crippen molar-refractivity contribution < 1.29 is 9.53 Å². The Balaban J connectivity index is 1.99. The lowest BCUT2D eigenvalue weighted by molar-refractivity contribution is -0.146. The third-order valence-electron chi connectivity index (χ3n) is 5.05. The van der Waals surface area contributed by atoms with Crippen molar-refractivity contribution in [3.8, 4) is 5.69 Å². The van der Waals surface area contributed by atoms with E-state index in [0.29, 0.717) is 18.2 Å². The molecular formula is C20H22N4O4. The van der Waals surface area contributed by atoms with E-state index in [4.69, 9.17) is 4.74 Å². The first-order chi connectivity index (χ1) is 13.5. The summed E-state index contributed by atoms with van der Waals surface area (Å²) in [4.78, 5) is 42.9. The molecule has 1 saturated carbocycles. The number of hydrogen-bond donors (Lipinski definition) is 0. The largest absolute Gasteiger partial charge is 0.464 e. The molecule has 1 fully saturated rings. The van der Waals surface area contributed by atoms with Gasteiger partial charge in [0.15, 0.2) is 11.2 Å². The molecule has 0 amide bonds. The summed E-state index contributed by atoms with van der Waals surface area (Å²) in [7, 11) is 0. The SMILES string of the molecule is CCOC(=O)C(C)n1cnc2c1c(=O)n(CC1CC1)c(=O)n2-c1ccccc1. The first-order valence-corrected chi connectivity index (χ1v) is 9.47. The van der Waals surface area contributed by atoms with Gasteiger partial charge in [-0.1, -0.05) is 18.2 Å². The number of ether oxygens (including phenoxy) is 1. The molecule has 0 N–H and O–H groups in total. The minimum absolute atomic E-state index is 0.227. The molecule has 1 aromatic carbocycles. The van der Waals surface area contributed by atoms with Crippen LogP contribution in [-0.2, 0) is 16.1 Å². The molecule has 28 heavy (non-hydrogen) atoms. The molecule has 8 heteroatoms. The van der Waals surface area contributed by atoms with Crippen LogP contribution >= 0.6 is 0 Å². The summed E-state index contributed by atoms with van der Waals surface area (Å²) >= 11 is 0. The van der Waals surface area contributed by atoms with E-state index in [0.717, 1.165) is 12.8 Å². The van der Waals surface area contributed by atoms with Gasteiger partial charge in [-0.3, -0.25) is 9.36 Å². The fourth-order valence-electron chi connectivity index (χ4n) is 3.35. The van der Waals surface area contributed by atoms with Crippen molar-refractivity contribution >= 4 is 17.1 Å². The zero-order chi connectivity index (χ0) is 19.8. The van der Waals surface area contributed by atoms with E-state index in [-0.39, 0.29) is 17.8 Å². The predicted octanol–water partition coefficient (Wildman–Crippen LogP) is 1.88. The van der Waals surface area contributed by atoms with Gasteiger partial charge < -0.3 is 9.30 Å². The Bertz CT molecular complexity index is 1140. The van der Waals surface area contributed by atoms with Crippen LogP contribution < -0.4 is 11.2 Å². The summed E-state index contributed by atoms with van der Waals surface area (Å²) in [6, 6.07) is 8.35. The second-order valence-electron chi connectivity index (χ2n) is 7.06. The van der Waals surface area contributed by atoms with Crippen molar-refractivity contribution in [3.63, 3.8) is 0 Å². The second kappa shape index (κ2) is 7.10. The topological polar surface area (TPSA) is 88.1 Å². The van der Waals surface area contributed by atoms with Crippen LogP contribution in [0.1, 0.15) is 32.7 Å². The number of imidazole rings is 1. The number of carbonyl (C=O) groups excluding carboxylic acids is 1. The van der Waals surface area contributed by atoms with Gasteiger partial charge in [0.25, 0.3) is 5.56 Å². The quantitative estimate of drug-likeness (QED) is 0.608. The van der Waals surface area contributed by atoms with Crippen molar-refractivity contribution in [3.05, 3.63) is 57.5 Å². The number of para-hydroxylation sites is 1. The van der Waals surface area contributed by atoms with E-state index in [1.54, 1.807) is 26.0 Å². The Morgan fingerprint density at radius 3 is 2.61 bits per heavy atom. The van der Waals surface area contributed by atoms with Crippen LogP contribution in [0.5, 0.6) is 0 Å². The third kappa shape index (κ3) is 3.04. The first kappa shape index (κ1) is 18.2. The van der Waals surface area contributed by atoms with Crippen LogP contribution in [0.3, 0.4) is 0 Å². The van der Waals surface area contributed by atoms with E-state index in [1.165, 1.54) is 20.0 Å². The van der Waals surface area contributed by atoms with Crippen molar-refractivity contribution in [2.75, 3.05) is 6.61 Å². The fourth-order valence-corrected chi connectivity index (χ4v) is 3.35. The monoisotopic (exact) mass is 382 g/mol. The highest BCUT2D eigenvalue weighted by Crippen LogP contribution is 2.30. The maximum Gasteiger partial charge on any atom is 0.337 e. The van der Waals surface area contributed by atoms with Gasteiger partial charge in [0.05, 0.1) is 18.6 Å². The summed E-state index contributed by atoms with van der Waals surface area (Å²) in [5.74, 6) is -0.113. The summed E-state index contributed by atoms with van der Waals surface area (Å²) in [6.07, 6.45) is 3.44. The molecule has 0 radical (unpaired) electrons. The van der Waals surface area contributed by atoms with Crippen molar-refractivity contribution in [1.29, 1.82) is 0 Å². The maximum atomic E-state index is 13.2. The third-order valence-corrected chi connectivity index (χ3v) is 5.05. The van der Waals surface area contributed by atoms with Crippen molar-refractivity contribution in [2.24, 2.45) is 5.92 Å². The molecule has 3 aromatic rings. The molecule has 0 saturated heterocycles. The van der Waals surface area contributed by atoms with Crippen molar-refractivity contribution in [2.45, 2.75) is 39.3 Å². The van der Waals surface area contributed by atoms with Gasteiger partial charge in [0.2, 0.25) is 0 Å². The highest BCUT2D eigenvalue weighted by molar-refractivity contribution is 5.79. The number of esters is 1. The number of rotatable bonds is 6. The number of aromatic nitrogens is 4. The molecule has 1 atom stereocenters. The molecule has 1 unspecified atom stereocenters. The lowest BCUT2D eigenvalue weighted by Gasteiger charge is -2.15. The summed E-state index contributed by atoms with van der Waals surface area (Å²) in [6.45, 7) is 4.00. The summed E-state index contributed by atoms with van der Waals surface area (Å²) in [5.41, 5.74) is 0.252. The van der Waals surface area contributed by atoms with Crippen LogP contribution in [0.25, 0.3) is 16.9 Å². The smallest absolute Gasteiger partial charge is 0.337 e. The summed E-state index contributed by atoms with van der Waals surface area (Å²) < 4.78 is 9.30. The zero-order valence-electron chi connectivity index (χ0n) is 15.9. The zero-order valence-corrected chi connectivity index (χ0v) is 15.9. The van der Waals surface area contributed by atoms with E-state index < -0.39 is 23.3 Å². The maximum absolute atomic E-state index is 13.2. The summed E-state index contributed by atoms with van der Waals surface area (Å²) in [5, 5.41) is 0. The van der Waals surface area contributed by atoms with E-state index >= 15 is 0 Å². The molecule has 2 aromatic heterocycles. The van der Waals surface area contributed by atoms with Crippen molar-refractivity contribution in [1.82, 2.24) is 18.7 Å². The normalized spacial score (nSPS) is 14.9. The molecule has 0 spiro atoms. The number of hydrogen-bond acceptors (Lipinski definition) is 5. The molecule has 1 aliphatic carbocycles. The molecule has 1 aliphatic rings. The first-order valence-electron chi connectivity index (χ1n) is 9.47. The number of benzene rings is 1. The van der Waals surface area contributed by atoms with Gasteiger partial charge in [0.1, 0.15) is 6.04 Å². The van der Waals surface area contributed by atoms with Gasteiger partial charge in [-0.15, -0.1) is 0 Å². The molecule has 0 bridgehead atoms. The lowest BCUT2D eigenvalue weighted by atomic mass is 10.3. The Labute approximate surface area is 161 Å². The highest BCUT2D eigenvalue weighted by Gasteiger charge is 2.28. The average molecular weight is 382 g/mol. The molecule has 8 nitrogen and oxygen atoms in total. The Morgan fingerprint density at radius 2 is 1.96 bits per heavy atom. The fraction of sp³-hybridized carbons (Fsp3) is 0.400. The van der Waals surface area contributed by atoms with Crippen LogP contribution in [0.4, 0.5) is 0 Å². The standard InChI is InChI=1S/C20H22N4O4/c1-3-28-19(26)13(2)23-12-21-17-16(23)18(25)22(11-14-9-10-14)20(27)24(17)15-7-5-4-6-8-15/h4-8,12-14H,3,9-11H2,1-2H3. The second-order valence-corrected chi connectivity index (χ2v) is 7.06. The lowest BCUT2D eigenvalue weighted by Crippen LogP contribution is -2.40. The van der Waals surface area contributed by atoms with Crippen LogP contribution in [0.2, 0.25) is 0 Å². The van der Waals surface area contributed by atoms with Gasteiger partial charge >= 0.3 is 11.7 Å². The van der Waals surface area contributed by atoms with Gasteiger partial charge in [-0.25, -0.2) is 19.1 Å². The van der Waals surface area contributed by atoms with Crippen LogP contribution in [0, 0.1) is 5.92 Å². The van der Waals surface area contributed by atoms with Gasteiger partial charge in [-0.2, -0.15) is 0 Å².